The molecule has 0 spiro atoms. The Morgan fingerprint density at radius 1 is 1.31 bits per heavy atom. The van der Waals surface area contributed by atoms with Crippen LogP contribution in [0.15, 0.2) is 6.07 Å². The minimum Gasteiger partial charge on any atom is -0.366 e. The van der Waals surface area contributed by atoms with E-state index in [9.17, 15) is 0 Å². The molecule has 0 aliphatic heterocycles. The molecular formula is C11H13Cl3N2. The van der Waals surface area contributed by atoms with Crippen molar-refractivity contribution in [3.8, 4) is 0 Å². The van der Waals surface area contributed by atoms with Crippen LogP contribution >= 0.6 is 34.8 Å². The molecule has 1 aliphatic carbocycles. The van der Waals surface area contributed by atoms with E-state index < -0.39 is 0 Å². The van der Waals surface area contributed by atoms with Crippen LogP contribution in [0.2, 0.25) is 15.2 Å². The molecule has 88 valence electrons. The van der Waals surface area contributed by atoms with Crippen LogP contribution in [0.3, 0.4) is 0 Å². The lowest BCUT2D eigenvalue weighted by molar-refractivity contribution is 0.285. The molecule has 0 bridgehead atoms. The van der Waals surface area contributed by atoms with Crippen molar-refractivity contribution in [3.05, 3.63) is 21.3 Å². The average Bonchev–Trinajstić information content (AvgIpc) is 2.11. The van der Waals surface area contributed by atoms with E-state index in [4.69, 9.17) is 34.8 Å². The van der Waals surface area contributed by atoms with Gasteiger partial charge in [-0.2, -0.15) is 0 Å². The van der Waals surface area contributed by atoms with Gasteiger partial charge in [-0.05, 0) is 31.7 Å². The number of nitrogens with zero attached hydrogens (tertiary/aromatic N) is 1. The Kier molecular flexibility index (Phi) is 3.83. The van der Waals surface area contributed by atoms with Gasteiger partial charge in [-0.1, -0.05) is 41.2 Å². The van der Waals surface area contributed by atoms with Crippen LogP contribution < -0.4 is 5.32 Å². The van der Waals surface area contributed by atoms with Crippen LogP contribution in [0.4, 0.5) is 5.82 Å². The summed E-state index contributed by atoms with van der Waals surface area (Å²) >= 11 is 17.7. The Hall–Kier alpha value is -0.180. The quantitative estimate of drug-likeness (QED) is 0.815. The Morgan fingerprint density at radius 2 is 2.00 bits per heavy atom. The Balaban J connectivity index is 2.11. The standard InChI is InChI=1S/C11H13Cl3N2/c1-6(7-3-2-4-7)15-11-9(13)5-8(12)10(14)16-11/h5-7H,2-4H2,1H3,(H,15,16). The lowest BCUT2D eigenvalue weighted by atomic mass is 9.80. The SMILES string of the molecule is CC(Nc1nc(Cl)c(Cl)cc1Cl)C1CCC1. The predicted octanol–water partition coefficient (Wildman–Crippen LogP) is 4.64. The molecular weight excluding hydrogens is 266 g/mol. The lowest BCUT2D eigenvalue weighted by Gasteiger charge is -2.32. The highest BCUT2D eigenvalue weighted by molar-refractivity contribution is 6.42. The van der Waals surface area contributed by atoms with Crippen molar-refractivity contribution in [2.75, 3.05) is 5.32 Å². The summed E-state index contributed by atoms with van der Waals surface area (Å²) in [4.78, 5) is 4.14. The normalized spacial score (nSPS) is 18.0. The highest BCUT2D eigenvalue weighted by Gasteiger charge is 2.24. The number of hydrogen-bond acceptors (Lipinski definition) is 2. The summed E-state index contributed by atoms with van der Waals surface area (Å²) in [6.07, 6.45) is 3.86. The number of anilines is 1. The number of aromatic nitrogens is 1. The number of nitrogens with one attached hydrogen (secondary N) is 1. The van der Waals surface area contributed by atoms with Crippen molar-refractivity contribution in [2.24, 2.45) is 5.92 Å². The number of halogens is 3. The van der Waals surface area contributed by atoms with Gasteiger partial charge in [0.05, 0.1) is 10.0 Å². The summed E-state index contributed by atoms with van der Waals surface area (Å²) in [5.74, 6) is 1.34. The first kappa shape index (κ1) is 12.3. The third-order valence-corrected chi connectivity index (χ3v) is 4.07. The first-order chi connectivity index (χ1) is 7.58. The predicted molar refractivity (Wildman–Crippen MR) is 69.7 cm³/mol. The van der Waals surface area contributed by atoms with Gasteiger partial charge in [0.15, 0.2) is 0 Å². The monoisotopic (exact) mass is 278 g/mol. The summed E-state index contributed by atoms with van der Waals surface area (Å²) in [5, 5.41) is 4.48. The van der Waals surface area contributed by atoms with Crippen molar-refractivity contribution in [3.63, 3.8) is 0 Å². The molecule has 0 saturated heterocycles. The maximum atomic E-state index is 6.04. The van der Waals surface area contributed by atoms with E-state index in [0.717, 1.165) is 0 Å². The summed E-state index contributed by atoms with van der Waals surface area (Å²) in [5.41, 5.74) is 0. The molecule has 0 radical (unpaired) electrons. The minimum atomic E-state index is 0.286. The molecule has 2 rings (SSSR count). The molecule has 1 aromatic heterocycles. The Labute approximate surface area is 110 Å². The number of rotatable bonds is 3. The van der Waals surface area contributed by atoms with Crippen LogP contribution in [0, 0.1) is 5.92 Å². The molecule has 1 aromatic rings. The smallest absolute Gasteiger partial charge is 0.150 e. The summed E-state index contributed by atoms with van der Waals surface area (Å²) < 4.78 is 0. The van der Waals surface area contributed by atoms with Gasteiger partial charge in [0.1, 0.15) is 11.0 Å². The van der Waals surface area contributed by atoms with Crippen molar-refractivity contribution < 1.29 is 0 Å². The maximum Gasteiger partial charge on any atom is 0.150 e. The van der Waals surface area contributed by atoms with Gasteiger partial charge < -0.3 is 5.32 Å². The van der Waals surface area contributed by atoms with E-state index in [-0.39, 0.29) is 5.15 Å². The fourth-order valence-electron chi connectivity index (χ4n) is 1.82. The molecule has 1 unspecified atom stereocenters. The molecule has 1 saturated carbocycles. The molecule has 16 heavy (non-hydrogen) atoms. The largest absolute Gasteiger partial charge is 0.366 e. The summed E-state index contributed by atoms with van der Waals surface area (Å²) in [7, 11) is 0. The molecule has 1 fully saturated rings. The van der Waals surface area contributed by atoms with Crippen LogP contribution in [0.5, 0.6) is 0 Å². The van der Waals surface area contributed by atoms with E-state index in [1.165, 1.54) is 19.3 Å². The molecule has 5 heteroatoms. The van der Waals surface area contributed by atoms with Gasteiger partial charge >= 0.3 is 0 Å². The Bertz CT molecular complexity index is 391. The molecule has 1 heterocycles. The molecule has 1 aliphatic rings. The van der Waals surface area contributed by atoms with E-state index in [1.54, 1.807) is 6.07 Å². The highest BCUT2D eigenvalue weighted by Crippen LogP contribution is 2.33. The molecule has 1 atom stereocenters. The molecule has 1 N–H and O–H groups in total. The van der Waals surface area contributed by atoms with Gasteiger partial charge in [-0.25, -0.2) is 4.98 Å². The van der Waals surface area contributed by atoms with Gasteiger partial charge in [0.25, 0.3) is 0 Å². The zero-order chi connectivity index (χ0) is 11.7. The zero-order valence-electron chi connectivity index (χ0n) is 8.93. The minimum absolute atomic E-state index is 0.286. The second-order valence-electron chi connectivity index (χ2n) is 4.22. The fraction of sp³-hybridized carbons (Fsp3) is 0.545. The van der Waals surface area contributed by atoms with Gasteiger partial charge in [-0.3, -0.25) is 0 Å². The van der Waals surface area contributed by atoms with Crippen molar-refractivity contribution in [2.45, 2.75) is 32.2 Å². The van der Waals surface area contributed by atoms with E-state index >= 15 is 0 Å². The second kappa shape index (κ2) is 4.99. The fourth-order valence-corrected chi connectivity index (χ4v) is 2.37. The molecule has 0 amide bonds. The van der Waals surface area contributed by atoms with Gasteiger partial charge in [0, 0.05) is 6.04 Å². The Morgan fingerprint density at radius 3 is 2.56 bits per heavy atom. The summed E-state index contributed by atoms with van der Waals surface area (Å²) in [6.45, 7) is 2.14. The third-order valence-electron chi connectivity index (χ3n) is 3.11. The highest BCUT2D eigenvalue weighted by atomic mass is 35.5. The van der Waals surface area contributed by atoms with Crippen LogP contribution in [0.1, 0.15) is 26.2 Å². The average molecular weight is 280 g/mol. The summed E-state index contributed by atoms with van der Waals surface area (Å²) in [6, 6.07) is 1.99. The first-order valence-electron chi connectivity index (χ1n) is 5.36. The third kappa shape index (κ3) is 2.55. The van der Waals surface area contributed by atoms with Gasteiger partial charge in [-0.15, -0.1) is 0 Å². The first-order valence-corrected chi connectivity index (χ1v) is 6.49. The van der Waals surface area contributed by atoms with Crippen LogP contribution in [-0.2, 0) is 0 Å². The van der Waals surface area contributed by atoms with Crippen molar-refractivity contribution >= 4 is 40.6 Å². The van der Waals surface area contributed by atoms with Crippen molar-refractivity contribution in [1.82, 2.24) is 4.98 Å². The van der Waals surface area contributed by atoms with E-state index in [1.807, 2.05) is 0 Å². The number of pyridine rings is 1. The zero-order valence-corrected chi connectivity index (χ0v) is 11.2. The lowest BCUT2D eigenvalue weighted by Crippen LogP contribution is -2.31. The maximum absolute atomic E-state index is 6.04. The molecule has 2 nitrogen and oxygen atoms in total. The van der Waals surface area contributed by atoms with Crippen LogP contribution in [0.25, 0.3) is 0 Å². The van der Waals surface area contributed by atoms with E-state index in [0.29, 0.717) is 27.8 Å². The topological polar surface area (TPSA) is 24.9 Å². The van der Waals surface area contributed by atoms with Crippen LogP contribution in [-0.4, -0.2) is 11.0 Å². The number of hydrogen-bond donors (Lipinski definition) is 1. The van der Waals surface area contributed by atoms with Crippen molar-refractivity contribution in [1.29, 1.82) is 0 Å². The van der Waals surface area contributed by atoms with E-state index in [2.05, 4.69) is 17.2 Å². The molecule has 0 aromatic carbocycles. The van der Waals surface area contributed by atoms with Gasteiger partial charge in [0.2, 0.25) is 0 Å². The second-order valence-corrected chi connectivity index (χ2v) is 5.39.